The number of hydrogen-bond acceptors (Lipinski definition) is 4. The minimum atomic E-state index is 0.724. The topological polar surface area (TPSA) is 33.6 Å². The summed E-state index contributed by atoms with van der Waals surface area (Å²) in [4.78, 5) is 4.54. The minimum absolute atomic E-state index is 0.724. The summed E-state index contributed by atoms with van der Waals surface area (Å²) in [5.41, 5.74) is 0. The Balaban J connectivity index is 1.56. The van der Waals surface area contributed by atoms with Crippen LogP contribution >= 0.6 is 11.8 Å². The second kappa shape index (κ2) is 6.50. The van der Waals surface area contributed by atoms with E-state index in [1.54, 1.807) is 0 Å². The molecule has 2 aliphatic rings. The Morgan fingerprint density at radius 3 is 3.19 bits per heavy atom. The maximum Gasteiger partial charge on any atom is 0.156 e. The van der Waals surface area contributed by atoms with Gasteiger partial charge in [-0.2, -0.15) is 0 Å². The van der Waals surface area contributed by atoms with Crippen molar-refractivity contribution < 1.29 is 4.74 Å². The summed E-state index contributed by atoms with van der Waals surface area (Å²) < 4.78 is 5.37. The van der Waals surface area contributed by atoms with Crippen LogP contribution in [0.15, 0.2) is 4.99 Å². The highest BCUT2D eigenvalue weighted by molar-refractivity contribution is 8.14. The van der Waals surface area contributed by atoms with Gasteiger partial charge in [-0.15, -0.1) is 0 Å². The van der Waals surface area contributed by atoms with Crippen LogP contribution in [0, 0.1) is 5.92 Å². The van der Waals surface area contributed by atoms with Gasteiger partial charge in [0, 0.05) is 25.0 Å². The Labute approximate surface area is 102 Å². The predicted molar refractivity (Wildman–Crippen MR) is 70.1 cm³/mol. The third-order valence-corrected chi connectivity index (χ3v) is 4.40. The van der Waals surface area contributed by atoms with Crippen LogP contribution in [0.1, 0.15) is 32.6 Å². The van der Waals surface area contributed by atoms with Crippen molar-refractivity contribution >= 4 is 16.9 Å². The van der Waals surface area contributed by atoms with Crippen LogP contribution in [-0.4, -0.2) is 36.7 Å². The molecule has 0 aromatic rings. The predicted octanol–water partition coefficient (Wildman–Crippen LogP) is 2.27. The van der Waals surface area contributed by atoms with Crippen LogP contribution in [0.25, 0.3) is 0 Å². The molecule has 1 N–H and O–H groups in total. The summed E-state index contributed by atoms with van der Waals surface area (Å²) in [7, 11) is 0. The summed E-state index contributed by atoms with van der Waals surface area (Å²) in [5.74, 6) is 0.769. The van der Waals surface area contributed by atoms with E-state index in [1.807, 2.05) is 11.8 Å². The van der Waals surface area contributed by atoms with Gasteiger partial charge in [-0.3, -0.25) is 4.99 Å². The zero-order valence-corrected chi connectivity index (χ0v) is 10.9. The van der Waals surface area contributed by atoms with E-state index in [1.165, 1.54) is 25.7 Å². The molecule has 0 aliphatic carbocycles. The molecule has 0 saturated carbocycles. The molecule has 2 rings (SSSR count). The third kappa shape index (κ3) is 3.67. The summed E-state index contributed by atoms with van der Waals surface area (Å²) >= 11 is 1.93. The van der Waals surface area contributed by atoms with E-state index in [2.05, 4.69) is 17.2 Å². The number of ether oxygens (including phenoxy) is 1. The first-order valence-electron chi connectivity index (χ1n) is 6.41. The second-order valence-corrected chi connectivity index (χ2v) is 5.91. The molecule has 0 bridgehead atoms. The molecule has 0 aromatic carbocycles. The molecule has 2 atom stereocenters. The first kappa shape index (κ1) is 12.2. The number of hydrogen-bond donors (Lipinski definition) is 1. The smallest absolute Gasteiger partial charge is 0.156 e. The second-order valence-electron chi connectivity index (χ2n) is 4.62. The molecule has 92 valence electrons. The van der Waals surface area contributed by atoms with E-state index in [4.69, 9.17) is 4.74 Å². The van der Waals surface area contributed by atoms with Crippen molar-refractivity contribution in [3.63, 3.8) is 0 Å². The lowest BCUT2D eigenvalue weighted by Gasteiger charge is -2.10. The molecule has 3 nitrogen and oxygen atoms in total. The van der Waals surface area contributed by atoms with Crippen LogP contribution in [0.5, 0.6) is 0 Å². The molecule has 0 amide bonds. The fourth-order valence-electron chi connectivity index (χ4n) is 2.18. The fraction of sp³-hybridized carbons (Fsp3) is 0.917. The molecule has 0 radical (unpaired) electrons. The van der Waals surface area contributed by atoms with E-state index in [0.29, 0.717) is 0 Å². The van der Waals surface area contributed by atoms with Crippen molar-refractivity contribution in [3.8, 4) is 0 Å². The van der Waals surface area contributed by atoms with E-state index < -0.39 is 0 Å². The molecular formula is C12H22N2OS. The minimum Gasteiger partial charge on any atom is -0.381 e. The first-order valence-corrected chi connectivity index (χ1v) is 7.29. The van der Waals surface area contributed by atoms with Gasteiger partial charge in [-0.05, 0) is 25.2 Å². The van der Waals surface area contributed by atoms with Crippen LogP contribution in [0.3, 0.4) is 0 Å². The maximum atomic E-state index is 5.37. The standard InChI is InChI=1S/C12H22N2OS/c1-2-3-11-8-14-12(16-11)13-6-4-10-5-7-15-9-10/h10-11H,2-9H2,1H3,(H,13,14). The van der Waals surface area contributed by atoms with Gasteiger partial charge in [0.15, 0.2) is 5.17 Å². The Kier molecular flexibility index (Phi) is 4.97. The Morgan fingerprint density at radius 2 is 2.44 bits per heavy atom. The van der Waals surface area contributed by atoms with Crippen LogP contribution in [-0.2, 0) is 4.74 Å². The lowest BCUT2D eigenvalue weighted by molar-refractivity contribution is 0.184. The molecule has 4 heteroatoms. The first-order chi connectivity index (χ1) is 7.88. The van der Waals surface area contributed by atoms with Gasteiger partial charge in [0.25, 0.3) is 0 Å². The van der Waals surface area contributed by atoms with Gasteiger partial charge >= 0.3 is 0 Å². The van der Waals surface area contributed by atoms with Gasteiger partial charge in [-0.25, -0.2) is 0 Å². The molecular weight excluding hydrogens is 220 g/mol. The molecule has 2 heterocycles. The van der Waals surface area contributed by atoms with Gasteiger partial charge < -0.3 is 10.1 Å². The molecule has 2 unspecified atom stereocenters. The number of amidine groups is 1. The molecule has 1 fully saturated rings. The highest BCUT2D eigenvalue weighted by Crippen LogP contribution is 2.23. The van der Waals surface area contributed by atoms with Crippen molar-refractivity contribution in [1.29, 1.82) is 0 Å². The number of thioether (sulfide) groups is 1. The number of nitrogens with one attached hydrogen (secondary N) is 1. The average Bonchev–Trinajstić information content (AvgIpc) is 2.90. The molecule has 1 saturated heterocycles. The SMILES string of the molecule is CCCC1CN=C(NCCC2CCOC2)S1. The Hall–Kier alpha value is -0.220. The van der Waals surface area contributed by atoms with E-state index >= 15 is 0 Å². The number of aliphatic imine (C=N–C) groups is 1. The highest BCUT2D eigenvalue weighted by atomic mass is 32.2. The van der Waals surface area contributed by atoms with E-state index in [-0.39, 0.29) is 0 Å². The van der Waals surface area contributed by atoms with Crippen molar-refractivity contribution in [1.82, 2.24) is 5.32 Å². The van der Waals surface area contributed by atoms with E-state index in [0.717, 1.165) is 42.6 Å². The maximum absolute atomic E-state index is 5.37. The summed E-state index contributed by atoms with van der Waals surface area (Å²) in [5, 5.41) is 5.34. The molecule has 2 aliphatic heterocycles. The third-order valence-electron chi connectivity index (χ3n) is 3.18. The molecule has 0 spiro atoms. The Morgan fingerprint density at radius 1 is 1.50 bits per heavy atom. The quantitative estimate of drug-likeness (QED) is 0.803. The summed E-state index contributed by atoms with van der Waals surface area (Å²) in [6.07, 6.45) is 5.01. The van der Waals surface area contributed by atoms with Crippen molar-refractivity contribution in [2.24, 2.45) is 10.9 Å². The number of rotatable bonds is 5. The fourth-order valence-corrected chi connectivity index (χ4v) is 3.33. The van der Waals surface area contributed by atoms with Crippen LogP contribution < -0.4 is 5.32 Å². The number of nitrogens with zero attached hydrogens (tertiary/aromatic N) is 1. The van der Waals surface area contributed by atoms with Gasteiger partial charge in [0.05, 0.1) is 6.54 Å². The Bertz CT molecular complexity index is 239. The van der Waals surface area contributed by atoms with Gasteiger partial charge in [0.1, 0.15) is 0 Å². The lowest BCUT2D eigenvalue weighted by Crippen LogP contribution is -2.22. The molecule has 16 heavy (non-hydrogen) atoms. The normalized spacial score (nSPS) is 29.4. The zero-order valence-electron chi connectivity index (χ0n) is 10.1. The monoisotopic (exact) mass is 242 g/mol. The van der Waals surface area contributed by atoms with E-state index in [9.17, 15) is 0 Å². The molecule has 0 aromatic heterocycles. The van der Waals surface area contributed by atoms with Crippen molar-refractivity contribution in [2.75, 3.05) is 26.3 Å². The summed E-state index contributed by atoms with van der Waals surface area (Å²) in [6, 6.07) is 0. The highest BCUT2D eigenvalue weighted by Gasteiger charge is 2.19. The zero-order chi connectivity index (χ0) is 11.2. The van der Waals surface area contributed by atoms with Gasteiger partial charge in [-0.1, -0.05) is 25.1 Å². The average molecular weight is 242 g/mol. The van der Waals surface area contributed by atoms with Crippen LogP contribution in [0.4, 0.5) is 0 Å². The van der Waals surface area contributed by atoms with Crippen LogP contribution in [0.2, 0.25) is 0 Å². The van der Waals surface area contributed by atoms with Gasteiger partial charge in [0.2, 0.25) is 0 Å². The largest absolute Gasteiger partial charge is 0.381 e. The summed E-state index contributed by atoms with van der Waals surface area (Å²) in [6.45, 7) is 6.22. The van der Waals surface area contributed by atoms with Crippen molar-refractivity contribution in [2.45, 2.75) is 37.9 Å². The lowest BCUT2D eigenvalue weighted by atomic mass is 10.1. The van der Waals surface area contributed by atoms with Crippen molar-refractivity contribution in [3.05, 3.63) is 0 Å².